The number of piperidine rings is 1. The number of oxazole rings is 2. The molecule has 1 aliphatic heterocycles. The van der Waals surface area contributed by atoms with Crippen molar-refractivity contribution in [1.29, 1.82) is 0 Å². The number of para-hydroxylation sites is 2. The van der Waals surface area contributed by atoms with Gasteiger partial charge in [0, 0.05) is 36.3 Å². The Bertz CT molecular complexity index is 1190. The largest absolute Gasteiger partial charge is 0.444 e. The number of rotatable bonds is 5. The summed E-state index contributed by atoms with van der Waals surface area (Å²) in [7, 11) is 0. The van der Waals surface area contributed by atoms with E-state index in [1.54, 1.807) is 6.20 Å². The summed E-state index contributed by atoms with van der Waals surface area (Å²) in [6, 6.07) is 16.8. The first-order valence-electron chi connectivity index (χ1n) is 11.2. The number of aromatic nitrogens is 2. The molecule has 4 aromatic rings. The molecule has 7 heteroatoms. The van der Waals surface area contributed by atoms with Crippen molar-refractivity contribution in [3.05, 3.63) is 66.7 Å². The van der Waals surface area contributed by atoms with Crippen LogP contribution in [0.5, 0.6) is 0 Å². The van der Waals surface area contributed by atoms with E-state index >= 15 is 0 Å². The molecule has 3 heterocycles. The molecule has 1 saturated heterocycles. The lowest BCUT2D eigenvalue weighted by molar-refractivity contribution is 0.0630. The first-order valence-corrected chi connectivity index (χ1v) is 11.2. The Morgan fingerprint density at radius 3 is 2.41 bits per heavy atom. The van der Waals surface area contributed by atoms with Gasteiger partial charge in [0.1, 0.15) is 5.52 Å². The molecule has 0 unspecified atom stereocenters. The minimum Gasteiger partial charge on any atom is -0.444 e. The molecule has 1 aliphatic carbocycles. The first-order chi connectivity index (χ1) is 15.8. The second-order valence-electron chi connectivity index (χ2n) is 8.57. The van der Waals surface area contributed by atoms with Gasteiger partial charge in [-0.3, -0.25) is 4.79 Å². The summed E-state index contributed by atoms with van der Waals surface area (Å²) in [5.41, 5.74) is 3.34. The average molecular weight is 428 g/mol. The maximum atomic E-state index is 13.4. The lowest BCUT2D eigenvalue weighted by atomic mass is 10.0. The number of benzene rings is 2. The van der Waals surface area contributed by atoms with Crippen LogP contribution in [0.25, 0.3) is 22.4 Å². The van der Waals surface area contributed by atoms with E-state index < -0.39 is 0 Å². The highest BCUT2D eigenvalue weighted by Gasteiger charge is 2.39. The minimum atomic E-state index is 0.122. The van der Waals surface area contributed by atoms with E-state index in [1.807, 2.05) is 48.5 Å². The number of hydrogen-bond acceptors (Lipinski definition) is 6. The van der Waals surface area contributed by atoms with Gasteiger partial charge in [0.15, 0.2) is 17.7 Å². The number of nitrogens with zero attached hydrogens (tertiary/aromatic N) is 4. The van der Waals surface area contributed by atoms with E-state index in [9.17, 15) is 4.79 Å². The molecular weight excluding hydrogens is 404 g/mol. The summed E-state index contributed by atoms with van der Waals surface area (Å²) >= 11 is 0. The lowest BCUT2D eigenvalue weighted by Crippen LogP contribution is -2.48. The third kappa shape index (κ3) is 3.53. The summed E-state index contributed by atoms with van der Waals surface area (Å²) in [5.74, 6) is 0.826. The van der Waals surface area contributed by atoms with E-state index in [2.05, 4.69) is 19.8 Å². The molecule has 32 heavy (non-hydrogen) atoms. The summed E-state index contributed by atoms with van der Waals surface area (Å²) in [5, 5.41) is 0. The molecule has 2 aromatic heterocycles. The van der Waals surface area contributed by atoms with Crippen molar-refractivity contribution in [3.8, 4) is 11.3 Å². The Kier molecular flexibility index (Phi) is 4.67. The van der Waals surface area contributed by atoms with Crippen LogP contribution in [0.3, 0.4) is 0 Å². The second-order valence-corrected chi connectivity index (χ2v) is 8.57. The summed E-state index contributed by atoms with van der Waals surface area (Å²) in [6.45, 7) is 1.66. The fourth-order valence-electron chi connectivity index (χ4n) is 4.60. The minimum absolute atomic E-state index is 0.122. The highest BCUT2D eigenvalue weighted by atomic mass is 16.4. The lowest BCUT2D eigenvalue weighted by Gasteiger charge is -2.38. The number of anilines is 1. The molecule has 0 atom stereocenters. The van der Waals surface area contributed by atoms with Crippen LogP contribution in [0.4, 0.5) is 6.01 Å². The SMILES string of the molecule is O=C(c1ccc(-c2cnco2)cc1)N(C1CC1)C1CCN(c2nc3ccccc3o2)CC1. The summed E-state index contributed by atoms with van der Waals surface area (Å²) < 4.78 is 11.3. The first kappa shape index (κ1) is 19.1. The molecule has 2 aromatic carbocycles. The fourth-order valence-corrected chi connectivity index (χ4v) is 4.60. The third-order valence-electron chi connectivity index (χ3n) is 6.43. The fraction of sp³-hybridized carbons (Fsp3) is 0.320. The molecule has 0 spiro atoms. The number of amides is 1. The molecule has 2 aliphatic rings. The van der Waals surface area contributed by atoms with Crippen LogP contribution < -0.4 is 4.90 Å². The Morgan fingerprint density at radius 2 is 1.72 bits per heavy atom. The van der Waals surface area contributed by atoms with Crippen molar-refractivity contribution in [2.24, 2.45) is 0 Å². The van der Waals surface area contributed by atoms with Crippen molar-refractivity contribution in [2.45, 2.75) is 37.8 Å². The number of carbonyl (C=O) groups excluding carboxylic acids is 1. The van der Waals surface area contributed by atoms with Crippen LogP contribution >= 0.6 is 0 Å². The van der Waals surface area contributed by atoms with Gasteiger partial charge in [-0.1, -0.05) is 24.3 Å². The van der Waals surface area contributed by atoms with Gasteiger partial charge >= 0.3 is 0 Å². The van der Waals surface area contributed by atoms with Gasteiger partial charge in [-0.15, -0.1) is 0 Å². The van der Waals surface area contributed by atoms with Crippen LogP contribution in [0.2, 0.25) is 0 Å². The van der Waals surface area contributed by atoms with Gasteiger partial charge in [-0.25, -0.2) is 4.98 Å². The normalized spacial score (nSPS) is 17.1. The Balaban J connectivity index is 1.16. The number of fused-ring (bicyclic) bond motifs is 1. The second kappa shape index (κ2) is 7.82. The molecular formula is C25H24N4O3. The van der Waals surface area contributed by atoms with Crippen molar-refractivity contribution in [1.82, 2.24) is 14.9 Å². The quantitative estimate of drug-likeness (QED) is 0.456. The van der Waals surface area contributed by atoms with Crippen molar-refractivity contribution in [2.75, 3.05) is 18.0 Å². The van der Waals surface area contributed by atoms with E-state index in [-0.39, 0.29) is 11.9 Å². The van der Waals surface area contributed by atoms with E-state index in [4.69, 9.17) is 8.83 Å². The van der Waals surface area contributed by atoms with Crippen LogP contribution in [-0.4, -0.2) is 45.9 Å². The van der Waals surface area contributed by atoms with Gasteiger partial charge in [0.25, 0.3) is 11.9 Å². The Hall–Kier alpha value is -3.61. The number of hydrogen-bond donors (Lipinski definition) is 0. The molecule has 6 rings (SSSR count). The molecule has 0 radical (unpaired) electrons. The van der Waals surface area contributed by atoms with Gasteiger partial charge in [0.05, 0.1) is 6.20 Å². The topological polar surface area (TPSA) is 75.6 Å². The average Bonchev–Trinajstić information content (AvgIpc) is 3.34. The monoisotopic (exact) mass is 428 g/mol. The van der Waals surface area contributed by atoms with E-state index in [0.717, 1.165) is 61.0 Å². The molecule has 162 valence electrons. The van der Waals surface area contributed by atoms with Gasteiger partial charge in [-0.2, -0.15) is 4.98 Å². The maximum absolute atomic E-state index is 13.4. The van der Waals surface area contributed by atoms with Crippen LogP contribution in [0.1, 0.15) is 36.0 Å². The summed E-state index contributed by atoms with van der Waals surface area (Å²) in [4.78, 5) is 26.4. The molecule has 2 fully saturated rings. The molecule has 0 N–H and O–H groups in total. The smallest absolute Gasteiger partial charge is 0.298 e. The van der Waals surface area contributed by atoms with Crippen LogP contribution in [-0.2, 0) is 0 Å². The molecule has 1 saturated carbocycles. The standard InChI is InChI=1S/C25H24N4O3/c30-24(18-7-5-17(6-8-18)23-15-26-16-31-23)29(19-9-10-19)20-11-13-28(14-12-20)25-27-21-3-1-2-4-22(21)32-25/h1-8,15-16,19-20H,9-14H2. The Labute approximate surface area is 185 Å². The highest BCUT2D eigenvalue weighted by Crippen LogP contribution is 2.34. The molecule has 0 bridgehead atoms. The molecule has 1 amide bonds. The zero-order chi connectivity index (χ0) is 21.5. The van der Waals surface area contributed by atoms with Crippen LogP contribution in [0.15, 0.2) is 70.0 Å². The van der Waals surface area contributed by atoms with Crippen molar-refractivity contribution >= 4 is 23.0 Å². The third-order valence-corrected chi connectivity index (χ3v) is 6.43. The van der Waals surface area contributed by atoms with Gasteiger partial charge < -0.3 is 18.6 Å². The van der Waals surface area contributed by atoms with Gasteiger partial charge in [0.2, 0.25) is 0 Å². The summed E-state index contributed by atoms with van der Waals surface area (Å²) in [6.07, 6.45) is 7.10. The zero-order valence-corrected chi connectivity index (χ0v) is 17.7. The predicted octanol–water partition coefficient (Wildman–Crippen LogP) is 4.76. The Morgan fingerprint density at radius 1 is 0.969 bits per heavy atom. The molecule has 7 nitrogen and oxygen atoms in total. The maximum Gasteiger partial charge on any atom is 0.298 e. The van der Waals surface area contributed by atoms with E-state index in [0.29, 0.717) is 17.8 Å². The predicted molar refractivity (Wildman–Crippen MR) is 120 cm³/mol. The number of carbonyl (C=O) groups is 1. The zero-order valence-electron chi connectivity index (χ0n) is 17.7. The van der Waals surface area contributed by atoms with Crippen molar-refractivity contribution < 1.29 is 13.6 Å². The highest BCUT2D eigenvalue weighted by molar-refractivity contribution is 5.95. The van der Waals surface area contributed by atoms with Crippen molar-refractivity contribution in [3.63, 3.8) is 0 Å². The van der Waals surface area contributed by atoms with Gasteiger partial charge in [-0.05, 0) is 49.9 Å². The van der Waals surface area contributed by atoms with Crippen LogP contribution in [0, 0.1) is 0 Å². The van der Waals surface area contributed by atoms with E-state index in [1.165, 1.54) is 6.39 Å².